The first-order valence-electron chi connectivity index (χ1n) is 7.12. The molecule has 0 unspecified atom stereocenters. The fraction of sp³-hybridized carbons (Fsp3) is 0.800. The monoisotopic (exact) mass is 266 g/mol. The molecule has 4 nitrogen and oxygen atoms in total. The van der Waals surface area contributed by atoms with Gasteiger partial charge in [-0.25, -0.2) is 0 Å². The quantitative estimate of drug-likeness (QED) is 0.515. The van der Waals surface area contributed by atoms with Crippen LogP contribution in [-0.2, 0) is 9.53 Å². The molecule has 2 N–H and O–H groups in total. The van der Waals surface area contributed by atoms with Gasteiger partial charge in [0.15, 0.2) is 6.10 Å². The number of ether oxygens (including phenoxy) is 1. The molecular weight excluding hydrogens is 244 g/mol. The largest absolute Gasteiger partial charge is 0.454 e. The third kappa shape index (κ3) is 1.56. The van der Waals surface area contributed by atoms with Gasteiger partial charge in [-0.1, -0.05) is 6.92 Å². The minimum atomic E-state index is -1.09. The SMILES string of the molecule is CC1=C2[C@@H]3OC(=O)[C@H](C)[C@@]3(O)CC[C@@]2(C)CC[C@H]1O. The average molecular weight is 266 g/mol. The Kier molecular flexibility index (Phi) is 2.64. The van der Waals surface area contributed by atoms with E-state index in [-0.39, 0.29) is 11.4 Å². The minimum absolute atomic E-state index is 0.0510. The molecule has 5 atom stereocenters. The topological polar surface area (TPSA) is 66.8 Å². The molecule has 0 aromatic rings. The highest BCUT2D eigenvalue weighted by molar-refractivity contribution is 5.77. The molecule has 0 amide bonds. The second-order valence-electron chi connectivity index (χ2n) is 6.74. The van der Waals surface area contributed by atoms with E-state index in [1.54, 1.807) is 6.92 Å². The Morgan fingerprint density at radius 1 is 1.32 bits per heavy atom. The standard InChI is InChI=1S/C15H22O4/c1-8-10(16)4-5-14(3)6-7-15(18)9(2)13(17)19-12(15)11(8)14/h9-10,12,16,18H,4-7H2,1-3H3/t9-,10+,12-,14+,15-/m0/s1. The fourth-order valence-corrected chi connectivity index (χ4v) is 4.13. The Labute approximate surface area is 113 Å². The van der Waals surface area contributed by atoms with Crippen molar-refractivity contribution < 1.29 is 19.7 Å². The molecule has 0 radical (unpaired) electrons. The van der Waals surface area contributed by atoms with E-state index in [1.165, 1.54) is 0 Å². The first-order chi connectivity index (χ1) is 8.79. The molecular formula is C15H22O4. The summed E-state index contributed by atoms with van der Waals surface area (Å²) in [6.07, 6.45) is 2.04. The number of aliphatic hydroxyl groups excluding tert-OH is 1. The summed E-state index contributed by atoms with van der Waals surface area (Å²) in [7, 11) is 0. The number of fused-ring (bicyclic) bond motifs is 3. The molecule has 3 aliphatic rings. The van der Waals surface area contributed by atoms with Crippen molar-refractivity contribution in [2.45, 2.75) is 64.3 Å². The van der Waals surface area contributed by atoms with Crippen LogP contribution in [0.25, 0.3) is 0 Å². The number of rotatable bonds is 0. The van der Waals surface area contributed by atoms with Gasteiger partial charge in [0.2, 0.25) is 0 Å². The Hall–Kier alpha value is -0.870. The molecule has 1 saturated carbocycles. The lowest BCUT2D eigenvalue weighted by molar-refractivity contribution is -0.143. The molecule has 2 fully saturated rings. The number of carbonyl (C=O) groups is 1. The zero-order chi connectivity index (χ0) is 14.0. The third-order valence-electron chi connectivity index (χ3n) is 5.68. The molecule has 0 bridgehead atoms. The van der Waals surface area contributed by atoms with E-state index in [2.05, 4.69) is 6.92 Å². The summed E-state index contributed by atoms with van der Waals surface area (Å²) in [6.45, 7) is 5.80. The summed E-state index contributed by atoms with van der Waals surface area (Å²) in [5.41, 5.74) is 0.714. The highest BCUT2D eigenvalue weighted by Gasteiger charge is 2.62. The van der Waals surface area contributed by atoms with Crippen LogP contribution in [0.5, 0.6) is 0 Å². The first-order valence-corrected chi connectivity index (χ1v) is 7.12. The Balaban J connectivity index is 2.12. The summed E-state index contributed by atoms with van der Waals surface area (Å²) in [5, 5.41) is 20.9. The molecule has 0 aromatic carbocycles. The van der Waals surface area contributed by atoms with E-state index < -0.39 is 23.7 Å². The molecule has 19 heavy (non-hydrogen) atoms. The van der Waals surface area contributed by atoms with Crippen LogP contribution < -0.4 is 0 Å². The lowest BCUT2D eigenvalue weighted by Gasteiger charge is -2.50. The number of aliphatic hydroxyl groups is 2. The summed E-state index contributed by atoms with van der Waals surface area (Å²) < 4.78 is 5.48. The Morgan fingerprint density at radius 3 is 2.68 bits per heavy atom. The molecule has 1 heterocycles. The van der Waals surface area contributed by atoms with Gasteiger partial charge in [0.05, 0.1) is 12.0 Å². The van der Waals surface area contributed by atoms with Crippen LogP contribution >= 0.6 is 0 Å². The lowest BCUT2D eigenvalue weighted by Crippen LogP contribution is -2.53. The fourth-order valence-electron chi connectivity index (χ4n) is 4.13. The van der Waals surface area contributed by atoms with E-state index in [9.17, 15) is 15.0 Å². The van der Waals surface area contributed by atoms with Gasteiger partial charge in [0.25, 0.3) is 0 Å². The van der Waals surface area contributed by atoms with Crippen LogP contribution in [0.1, 0.15) is 46.5 Å². The summed E-state index contributed by atoms with van der Waals surface area (Å²) in [4.78, 5) is 11.8. The van der Waals surface area contributed by atoms with Crippen LogP contribution in [0.4, 0.5) is 0 Å². The summed E-state index contributed by atoms with van der Waals surface area (Å²) in [5.74, 6) is -0.807. The van der Waals surface area contributed by atoms with Crippen LogP contribution in [0.15, 0.2) is 11.1 Å². The zero-order valence-corrected chi connectivity index (χ0v) is 11.8. The number of hydrogen-bond donors (Lipinski definition) is 2. The predicted octanol–water partition coefficient (Wildman–Crippen LogP) is 1.55. The molecule has 3 rings (SSSR count). The number of esters is 1. The van der Waals surface area contributed by atoms with E-state index in [0.29, 0.717) is 6.42 Å². The van der Waals surface area contributed by atoms with Crippen LogP contribution in [0.2, 0.25) is 0 Å². The van der Waals surface area contributed by atoms with Gasteiger partial charge in [-0.15, -0.1) is 0 Å². The van der Waals surface area contributed by atoms with Gasteiger partial charge in [-0.2, -0.15) is 0 Å². The van der Waals surface area contributed by atoms with Gasteiger partial charge in [-0.05, 0) is 56.1 Å². The van der Waals surface area contributed by atoms with Crippen molar-refractivity contribution in [2.75, 3.05) is 0 Å². The summed E-state index contributed by atoms with van der Waals surface area (Å²) >= 11 is 0. The van der Waals surface area contributed by atoms with E-state index >= 15 is 0 Å². The van der Waals surface area contributed by atoms with Crippen molar-refractivity contribution in [3.8, 4) is 0 Å². The maximum atomic E-state index is 11.8. The average Bonchev–Trinajstić information content (AvgIpc) is 2.59. The van der Waals surface area contributed by atoms with Gasteiger partial charge < -0.3 is 14.9 Å². The molecule has 106 valence electrons. The second kappa shape index (κ2) is 3.83. The Morgan fingerprint density at radius 2 is 2.00 bits per heavy atom. The smallest absolute Gasteiger partial charge is 0.312 e. The van der Waals surface area contributed by atoms with Crippen LogP contribution in [0, 0.1) is 11.3 Å². The van der Waals surface area contributed by atoms with Crippen molar-refractivity contribution >= 4 is 5.97 Å². The van der Waals surface area contributed by atoms with Crippen molar-refractivity contribution in [3.63, 3.8) is 0 Å². The first kappa shape index (κ1) is 13.1. The Bertz CT molecular complexity index is 469. The highest BCUT2D eigenvalue weighted by Crippen LogP contribution is 2.56. The molecule has 0 spiro atoms. The van der Waals surface area contributed by atoms with Gasteiger partial charge in [0, 0.05) is 0 Å². The van der Waals surface area contributed by atoms with E-state index in [0.717, 1.165) is 30.4 Å². The van der Waals surface area contributed by atoms with Crippen molar-refractivity contribution in [1.82, 2.24) is 0 Å². The second-order valence-corrected chi connectivity index (χ2v) is 6.74. The van der Waals surface area contributed by atoms with Crippen LogP contribution in [-0.4, -0.2) is 34.0 Å². The molecule has 2 aliphatic carbocycles. The number of hydrogen-bond acceptors (Lipinski definition) is 4. The maximum absolute atomic E-state index is 11.8. The predicted molar refractivity (Wildman–Crippen MR) is 69.3 cm³/mol. The normalized spacial score (nSPS) is 49.7. The summed E-state index contributed by atoms with van der Waals surface area (Å²) in [6, 6.07) is 0. The van der Waals surface area contributed by atoms with Crippen molar-refractivity contribution in [1.29, 1.82) is 0 Å². The number of carbonyl (C=O) groups excluding carboxylic acids is 1. The third-order valence-corrected chi connectivity index (χ3v) is 5.68. The molecule has 0 aromatic heterocycles. The van der Waals surface area contributed by atoms with Gasteiger partial charge in [0.1, 0.15) is 5.60 Å². The van der Waals surface area contributed by atoms with Gasteiger partial charge >= 0.3 is 5.97 Å². The minimum Gasteiger partial charge on any atom is -0.454 e. The molecule has 1 saturated heterocycles. The van der Waals surface area contributed by atoms with Crippen molar-refractivity contribution in [3.05, 3.63) is 11.1 Å². The van der Waals surface area contributed by atoms with Crippen LogP contribution in [0.3, 0.4) is 0 Å². The zero-order valence-electron chi connectivity index (χ0n) is 11.8. The van der Waals surface area contributed by atoms with E-state index in [4.69, 9.17) is 4.74 Å². The van der Waals surface area contributed by atoms with E-state index in [1.807, 2.05) is 6.92 Å². The molecule has 4 heteroatoms. The molecule has 1 aliphatic heterocycles. The van der Waals surface area contributed by atoms with Gasteiger partial charge in [-0.3, -0.25) is 4.79 Å². The highest BCUT2D eigenvalue weighted by atomic mass is 16.6. The lowest BCUT2D eigenvalue weighted by atomic mass is 9.57. The van der Waals surface area contributed by atoms with Crippen molar-refractivity contribution in [2.24, 2.45) is 11.3 Å². The maximum Gasteiger partial charge on any atom is 0.312 e.